The van der Waals surface area contributed by atoms with E-state index in [1.54, 1.807) is 43.6 Å². The predicted molar refractivity (Wildman–Crippen MR) is 135 cm³/mol. The maximum Gasteiger partial charge on any atom is 0.316 e. The number of ether oxygens (including phenoxy) is 3. The Balaban J connectivity index is 1.41. The van der Waals surface area contributed by atoms with Gasteiger partial charge in [0.1, 0.15) is 23.6 Å². The van der Waals surface area contributed by atoms with Gasteiger partial charge in [-0.1, -0.05) is 12.7 Å². The summed E-state index contributed by atoms with van der Waals surface area (Å²) in [5, 5.41) is 3.13. The Bertz CT molecular complexity index is 1400. The molecule has 1 aliphatic rings. The summed E-state index contributed by atoms with van der Waals surface area (Å²) in [4.78, 5) is 29.3. The standard InChI is InChI=1S/C27H26FN5O5/c1-3-12-36-25(34)27(2)15-37-24(38-16-27)23-32-21(17-6-8-18(28)9-7-17)22(33-23)20-10-11-29-26(31-20)30-14-19-5-4-13-35-19/h3-11,13,24H,1,12,14-16H2,2H3,(H,32,33)(H,29,30,31). The highest BCUT2D eigenvalue weighted by Crippen LogP contribution is 2.36. The lowest BCUT2D eigenvalue weighted by molar-refractivity contribution is -0.238. The molecule has 196 valence electrons. The molecule has 4 heterocycles. The van der Waals surface area contributed by atoms with E-state index < -0.39 is 17.7 Å². The van der Waals surface area contributed by atoms with Crippen LogP contribution in [-0.4, -0.2) is 45.7 Å². The molecule has 1 fully saturated rings. The molecule has 0 radical (unpaired) electrons. The average molecular weight is 520 g/mol. The molecule has 0 bridgehead atoms. The van der Waals surface area contributed by atoms with Crippen LogP contribution in [0.15, 0.2) is 72.0 Å². The molecule has 0 atom stereocenters. The van der Waals surface area contributed by atoms with E-state index in [-0.39, 0.29) is 25.6 Å². The third-order valence-corrected chi connectivity index (χ3v) is 5.91. The Morgan fingerprint density at radius 3 is 2.74 bits per heavy atom. The van der Waals surface area contributed by atoms with Crippen molar-refractivity contribution in [3.05, 3.63) is 85.0 Å². The smallest absolute Gasteiger partial charge is 0.316 e. The number of rotatable bonds is 9. The van der Waals surface area contributed by atoms with Crippen molar-refractivity contribution in [3.63, 3.8) is 0 Å². The van der Waals surface area contributed by atoms with Crippen molar-refractivity contribution in [2.24, 2.45) is 5.41 Å². The molecule has 0 spiro atoms. The van der Waals surface area contributed by atoms with E-state index in [4.69, 9.17) is 23.6 Å². The molecule has 0 amide bonds. The van der Waals surface area contributed by atoms with E-state index in [0.717, 1.165) is 5.76 Å². The summed E-state index contributed by atoms with van der Waals surface area (Å²) in [7, 11) is 0. The van der Waals surface area contributed by atoms with Gasteiger partial charge in [0.15, 0.2) is 5.82 Å². The maximum absolute atomic E-state index is 13.6. The topological polar surface area (TPSA) is 124 Å². The lowest BCUT2D eigenvalue weighted by Gasteiger charge is -2.34. The highest BCUT2D eigenvalue weighted by molar-refractivity contribution is 5.78. The van der Waals surface area contributed by atoms with Crippen LogP contribution in [0.2, 0.25) is 0 Å². The van der Waals surface area contributed by atoms with Gasteiger partial charge in [-0.3, -0.25) is 4.79 Å². The van der Waals surface area contributed by atoms with Crippen LogP contribution >= 0.6 is 0 Å². The number of nitrogens with zero attached hydrogens (tertiary/aromatic N) is 3. The fourth-order valence-corrected chi connectivity index (χ4v) is 3.86. The summed E-state index contributed by atoms with van der Waals surface area (Å²) >= 11 is 0. The molecule has 38 heavy (non-hydrogen) atoms. The number of aromatic amines is 1. The van der Waals surface area contributed by atoms with Gasteiger partial charge in [0.25, 0.3) is 0 Å². The number of H-pyrrole nitrogens is 1. The van der Waals surface area contributed by atoms with Crippen LogP contribution in [-0.2, 0) is 25.5 Å². The van der Waals surface area contributed by atoms with Crippen LogP contribution in [0.4, 0.5) is 10.3 Å². The van der Waals surface area contributed by atoms with Crippen LogP contribution in [0.25, 0.3) is 22.6 Å². The first-order chi connectivity index (χ1) is 18.4. The first-order valence-corrected chi connectivity index (χ1v) is 11.9. The molecular formula is C27H26FN5O5. The molecule has 11 heteroatoms. The molecule has 2 N–H and O–H groups in total. The number of nitrogens with one attached hydrogen (secondary N) is 2. The first-order valence-electron chi connectivity index (χ1n) is 11.9. The van der Waals surface area contributed by atoms with E-state index in [2.05, 4.69) is 26.8 Å². The molecule has 1 saturated heterocycles. The molecule has 0 saturated carbocycles. The van der Waals surface area contributed by atoms with Gasteiger partial charge in [-0.05, 0) is 49.4 Å². The van der Waals surface area contributed by atoms with E-state index in [1.165, 1.54) is 18.2 Å². The molecular weight excluding hydrogens is 493 g/mol. The normalized spacial score (nSPS) is 19.2. The zero-order valence-corrected chi connectivity index (χ0v) is 20.6. The molecule has 1 aliphatic heterocycles. The van der Waals surface area contributed by atoms with Gasteiger partial charge in [0.2, 0.25) is 12.2 Å². The van der Waals surface area contributed by atoms with Crippen molar-refractivity contribution in [2.45, 2.75) is 19.8 Å². The Hall–Kier alpha value is -4.35. The number of carbonyl (C=O) groups excluding carboxylic acids is 1. The van der Waals surface area contributed by atoms with Crippen molar-refractivity contribution < 1.29 is 27.8 Å². The molecule has 1 aromatic carbocycles. The number of benzene rings is 1. The highest BCUT2D eigenvalue weighted by Gasteiger charge is 2.42. The summed E-state index contributed by atoms with van der Waals surface area (Å²) in [6, 6.07) is 11.4. The second kappa shape index (κ2) is 11.0. The third-order valence-electron chi connectivity index (χ3n) is 5.91. The van der Waals surface area contributed by atoms with E-state index in [0.29, 0.717) is 41.0 Å². The van der Waals surface area contributed by atoms with Gasteiger partial charge in [-0.25, -0.2) is 19.3 Å². The largest absolute Gasteiger partial charge is 0.467 e. The van der Waals surface area contributed by atoms with E-state index >= 15 is 0 Å². The minimum absolute atomic E-state index is 0.0733. The lowest BCUT2D eigenvalue weighted by Crippen LogP contribution is -2.43. The van der Waals surface area contributed by atoms with Crippen LogP contribution in [0.3, 0.4) is 0 Å². The quantitative estimate of drug-likeness (QED) is 0.240. The minimum atomic E-state index is -0.962. The van der Waals surface area contributed by atoms with Gasteiger partial charge in [0.05, 0.1) is 43.1 Å². The number of imidazole rings is 1. The minimum Gasteiger partial charge on any atom is -0.467 e. The number of aromatic nitrogens is 4. The zero-order chi connectivity index (χ0) is 26.5. The Morgan fingerprint density at radius 1 is 1.24 bits per heavy atom. The molecule has 3 aromatic heterocycles. The molecule has 5 rings (SSSR count). The van der Waals surface area contributed by atoms with E-state index in [1.807, 2.05) is 6.07 Å². The summed E-state index contributed by atoms with van der Waals surface area (Å²) in [6.45, 7) is 5.93. The second-order valence-corrected chi connectivity index (χ2v) is 8.95. The molecule has 4 aromatic rings. The number of hydrogen-bond acceptors (Lipinski definition) is 9. The molecule has 0 aliphatic carbocycles. The van der Waals surface area contributed by atoms with E-state index in [9.17, 15) is 9.18 Å². The fraction of sp³-hybridized carbons (Fsp3) is 0.259. The Morgan fingerprint density at radius 2 is 2.03 bits per heavy atom. The number of anilines is 1. The first kappa shape index (κ1) is 25.3. The number of carbonyl (C=O) groups is 1. The van der Waals surface area contributed by atoms with Gasteiger partial charge < -0.3 is 28.9 Å². The van der Waals surface area contributed by atoms with Gasteiger partial charge >= 0.3 is 5.97 Å². The predicted octanol–water partition coefficient (Wildman–Crippen LogP) is 4.66. The Kier molecular flexibility index (Phi) is 7.29. The van der Waals surface area contributed by atoms with Gasteiger partial charge in [-0.2, -0.15) is 0 Å². The summed E-state index contributed by atoms with van der Waals surface area (Å²) < 4.78 is 35.9. The average Bonchev–Trinajstić information content (AvgIpc) is 3.62. The molecule has 10 nitrogen and oxygen atoms in total. The third kappa shape index (κ3) is 5.48. The van der Waals surface area contributed by atoms with Crippen LogP contribution in [0.5, 0.6) is 0 Å². The van der Waals surface area contributed by atoms with Crippen molar-refractivity contribution >= 4 is 11.9 Å². The maximum atomic E-state index is 13.6. The zero-order valence-electron chi connectivity index (χ0n) is 20.6. The van der Waals surface area contributed by atoms with Crippen molar-refractivity contribution in [1.82, 2.24) is 19.9 Å². The number of furan rings is 1. The number of esters is 1. The number of halogens is 1. The van der Waals surface area contributed by atoms with Crippen LogP contribution < -0.4 is 5.32 Å². The Labute approximate surface area is 217 Å². The van der Waals surface area contributed by atoms with Gasteiger partial charge in [-0.15, -0.1) is 0 Å². The fourth-order valence-electron chi connectivity index (χ4n) is 3.86. The summed E-state index contributed by atoms with van der Waals surface area (Å²) in [5.41, 5.74) is 1.35. The van der Waals surface area contributed by atoms with Crippen LogP contribution in [0.1, 0.15) is 24.8 Å². The SMILES string of the molecule is C=CCOC(=O)C1(C)COC(c2nc(-c3ccc(F)cc3)c(-c3ccnc(NCc4ccco4)n3)[nH]2)OC1. The molecule has 0 unspecified atom stereocenters. The highest BCUT2D eigenvalue weighted by atomic mass is 19.1. The van der Waals surface area contributed by atoms with Crippen molar-refractivity contribution in [3.8, 4) is 22.6 Å². The number of hydrogen-bond donors (Lipinski definition) is 2. The van der Waals surface area contributed by atoms with Crippen molar-refractivity contribution in [1.29, 1.82) is 0 Å². The van der Waals surface area contributed by atoms with Crippen LogP contribution in [0, 0.1) is 11.2 Å². The summed E-state index contributed by atoms with van der Waals surface area (Å²) in [5.74, 6) is 0.711. The second-order valence-electron chi connectivity index (χ2n) is 8.95. The van der Waals surface area contributed by atoms with Crippen molar-refractivity contribution in [2.75, 3.05) is 25.1 Å². The lowest BCUT2D eigenvalue weighted by atomic mass is 9.92. The summed E-state index contributed by atoms with van der Waals surface area (Å²) in [6.07, 6.45) is 3.86. The van der Waals surface area contributed by atoms with Gasteiger partial charge in [0, 0.05) is 11.8 Å². The monoisotopic (exact) mass is 519 g/mol.